The lowest BCUT2D eigenvalue weighted by Crippen LogP contribution is -2.52. The Hall–Kier alpha value is -3.14. The van der Waals surface area contributed by atoms with Crippen molar-refractivity contribution in [3.8, 4) is 11.4 Å². The van der Waals surface area contributed by atoms with E-state index in [9.17, 15) is 18.7 Å². The summed E-state index contributed by atoms with van der Waals surface area (Å²) < 4.78 is 34.5. The summed E-state index contributed by atoms with van der Waals surface area (Å²) in [5, 5.41) is 10.4. The first-order valence-corrected chi connectivity index (χ1v) is 11.1. The number of benzene rings is 1. The molecule has 2 aromatic heterocycles. The monoisotopic (exact) mass is 468 g/mol. The van der Waals surface area contributed by atoms with Crippen LogP contribution in [0.25, 0.3) is 11.4 Å². The summed E-state index contributed by atoms with van der Waals surface area (Å²) in [5.74, 6) is -2.15. The third-order valence-corrected chi connectivity index (χ3v) is 6.01. The first-order chi connectivity index (χ1) is 16.3. The highest BCUT2D eigenvalue weighted by Gasteiger charge is 2.38. The molecule has 1 aliphatic rings. The molecule has 0 unspecified atom stereocenters. The van der Waals surface area contributed by atoms with Gasteiger partial charge in [-0.05, 0) is 47.7 Å². The Morgan fingerprint density at radius 3 is 2.65 bits per heavy atom. The van der Waals surface area contributed by atoms with E-state index in [1.807, 2.05) is 13.8 Å². The topological polar surface area (TPSA) is 111 Å². The zero-order chi connectivity index (χ0) is 24.4. The van der Waals surface area contributed by atoms with Gasteiger partial charge in [0, 0.05) is 31.1 Å². The number of halogens is 2. The second-order valence-electron chi connectivity index (χ2n) is 8.76. The predicted octanol–water partition coefficient (Wildman–Crippen LogP) is 3.42. The molecule has 1 fully saturated rings. The highest BCUT2D eigenvalue weighted by Crippen LogP contribution is 2.35. The maximum atomic E-state index is 14.2. The van der Waals surface area contributed by atoms with Gasteiger partial charge in [0.15, 0.2) is 11.6 Å². The van der Waals surface area contributed by atoms with Gasteiger partial charge in [0.1, 0.15) is 17.3 Å². The third-order valence-electron chi connectivity index (χ3n) is 6.01. The minimum absolute atomic E-state index is 0.0270. The van der Waals surface area contributed by atoms with Gasteiger partial charge in [-0.3, -0.25) is 9.78 Å². The van der Waals surface area contributed by atoms with E-state index in [0.717, 1.165) is 17.7 Å². The Morgan fingerprint density at radius 1 is 1.21 bits per heavy atom. The van der Waals surface area contributed by atoms with Crippen LogP contribution in [0.5, 0.6) is 0 Å². The highest BCUT2D eigenvalue weighted by molar-refractivity contribution is 5.96. The molecule has 0 saturated carbocycles. The number of carbonyl (C=O) groups excluding carboxylic acids is 1. The molecule has 0 bridgehead atoms. The zero-order valence-electron chi connectivity index (χ0n) is 18.9. The van der Waals surface area contributed by atoms with Gasteiger partial charge in [0.2, 0.25) is 0 Å². The molecule has 7 nitrogen and oxygen atoms in total. The number of aliphatic hydroxyl groups excluding tert-OH is 1. The van der Waals surface area contributed by atoms with Crippen LogP contribution in [-0.4, -0.2) is 44.1 Å². The molecule has 0 aliphatic carbocycles. The number of aliphatic hydroxyl groups is 1. The van der Waals surface area contributed by atoms with Crippen molar-refractivity contribution < 1.29 is 23.4 Å². The van der Waals surface area contributed by atoms with Gasteiger partial charge < -0.3 is 15.6 Å². The predicted molar refractivity (Wildman–Crippen MR) is 121 cm³/mol. The van der Waals surface area contributed by atoms with E-state index < -0.39 is 36.0 Å². The third kappa shape index (κ3) is 4.86. The SMILES string of the molecule is CC(C)[C@H]1O[C@@H](c2ccncc2CC(=O)c2ccnc(-c3c(F)cccc3F)n2)C[C@@H](N)[C@@H]1O. The number of hydrogen-bond acceptors (Lipinski definition) is 7. The van der Waals surface area contributed by atoms with Crippen LogP contribution in [0.15, 0.2) is 48.9 Å². The average Bonchev–Trinajstić information content (AvgIpc) is 2.81. The Balaban J connectivity index is 1.60. The number of rotatable bonds is 6. The van der Waals surface area contributed by atoms with Crippen molar-refractivity contribution in [2.75, 3.05) is 0 Å². The summed E-state index contributed by atoms with van der Waals surface area (Å²) in [6.45, 7) is 3.90. The molecule has 178 valence electrons. The standard InChI is InChI=1S/C25H26F2N4O3/c1-13(2)24-23(33)18(28)11-21(34-24)15-6-8-29-12-14(15)10-20(32)19-7-9-30-25(31-19)22-16(26)4-3-5-17(22)27/h3-9,12-13,18,21,23-24,33H,10-11,28H2,1-2H3/t18-,21-,23+,24-/m1/s1. The summed E-state index contributed by atoms with van der Waals surface area (Å²) in [6.07, 6.45) is 3.19. The molecule has 4 rings (SSSR count). The van der Waals surface area contributed by atoms with Gasteiger partial charge in [0.25, 0.3) is 0 Å². The molecule has 3 N–H and O–H groups in total. The summed E-state index contributed by atoms with van der Waals surface area (Å²) >= 11 is 0. The van der Waals surface area contributed by atoms with Gasteiger partial charge in [-0.1, -0.05) is 19.9 Å². The van der Waals surface area contributed by atoms with E-state index in [2.05, 4.69) is 15.0 Å². The van der Waals surface area contributed by atoms with Crippen LogP contribution in [0.4, 0.5) is 8.78 Å². The smallest absolute Gasteiger partial charge is 0.185 e. The number of ether oxygens (including phenoxy) is 1. The fraction of sp³-hybridized carbons (Fsp3) is 0.360. The van der Waals surface area contributed by atoms with Crippen molar-refractivity contribution in [3.05, 3.63) is 77.4 Å². The number of aromatic nitrogens is 3. The lowest BCUT2D eigenvalue weighted by molar-refractivity contribution is -0.145. The van der Waals surface area contributed by atoms with Gasteiger partial charge in [0.05, 0.1) is 23.9 Å². The van der Waals surface area contributed by atoms with E-state index in [0.29, 0.717) is 12.0 Å². The number of nitrogens with zero attached hydrogens (tertiary/aromatic N) is 3. The Labute approximate surface area is 196 Å². The molecule has 3 aromatic rings. The Morgan fingerprint density at radius 2 is 1.94 bits per heavy atom. The van der Waals surface area contributed by atoms with E-state index in [-0.39, 0.29) is 35.2 Å². The molecule has 34 heavy (non-hydrogen) atoms. The fourth-order valence-corrected chi connectivity index (χ4v) is 4.22. The molecule has 4 atom stereocenters. The average molecular weight is 469 g/mol. The first-order valence-electron chi connectivity index (χ1n) is 11.1. The van der Waals surface area contributed by atoms with Gasteiger partial charge >= 0.3 is 0 Å². The van der Waals surface area contributed by atoms with Crippen molar-refractivity contribution in [3.63, 3.8) is 0 Å². The van der Waals surface area contributed by atoms with Crippen LogP contribution in [0.3, 0.4) is 0 Å². The van der Waals surface area contributed by atoms with Crippen LogP contribution in [0.1, 0.15) is 48.0 Å². The van der Waals surface area contributed by atoms with Crippen LogP contribution in [0, 0.1) is 17.6 Å². The van der Waals surface area contributed by atoms with E-state index in [4.69, 9.17) is 10.5 Å². The summed E-state index contributed by atoms with van der Waals surface area (Å²) in [7, 11) is 0. The van der Waals surface area contributed by atoms with E-state index in [1.54, 1.807) is 18.5 Å². The summed E-state index contributed by atoms with van der Waals surface area (Å²) in [6, 6.07) is 6.16. The Bertz CT molecular complexity index is 1170. The number of nitrogens with two attached hydrogens (primary N) is 1. The molecule has 0 radical (unpaired) electrons. The number of hydrogen-bond donors (Lipinski definition) is 2. The molecule has 0 amide bonds. The fourth-order valence-electron chi connectivity index (χ4n) is 4.22. The van der Waals surface area contributed by atoms with E-state index in [1.165, 1.54) is 18.3 Å². The highest BCUT2D eigenvalue weighted by atomic mass is 19.1. The van der Waals surface area contributed by atoms with Crippen LogP contribution >= 0.6 is 0 Å². The maximum absolute atomic E-state index is 14.2. The van der Waals surface area contributed by atoms with Gasteiger partial charge in [-0.15, -0.1) is 0 Å². The second kappa shape index (κ2) is 10.0. The summed E-state index contributed by atoms with van der Waals surface area (Å²) in [5.41, 5.74) is 7.20. The normalized spacial score (nSPS) is 22.7. The molecule has 3 heterocycles. The largest absolute Gasteiger partial charge is 0.389 e. The quantitative estimate of drug-likeness (QED) is 0.533. The molecule has 1 saturated heterocycles. The lowest BCUT2D eigenvalue weighted by Gasteiger charge is -2.40. The Kier molecular flexibility index (Phi) is 7.06. The van der Waals surface area contributed by atoms with Crippen molar-refractivity contribution in [1.29, 1.82) is 0 Å². The van der Waals surface area contributed by atoms with Crippen molar-refractivity contribution in [2.24, 2.45) is 11.7 Å². The minimum atomic E-state index is -0.813. The van der Waals surface area contributed by atoms with Crippen LogP contribution < -0.4 is 5.73 Å². The molecule has 1 aromatic carbocycles. The number of pyridine rings is 1. The van der Waals surface area contributed by atoms with Crippen LogP contribution in [0.2, 0.25) is 0 Å². The van der Waals surface area contributed by atoms with Crippen LogP contribution in [-0.2, 0) is 11.2 Å². The maximum Gasteiger partial charge on any atom is 0.185 e. The summed E-state index contributed by atoms with van der Waals surface area (Å²) in [4.78, 5) is 25.3. The van der Waals surface area contributed by atoms with Gasteiger partial charge in [-0.25, -0.2) is 18.7 Å². The van der Waals surface area contributed by atoms with Crippen molar-refractivity contribution in [1.82, 2.24) is 15.0 Å². The number of carbonyl (C=O) groups is 1. The zero-order valence-corrected chi connectivity index (χ0v) is 18.9. The second-order valence-corrected chi connectivity index (χ2v) is 8.76. The molecular weight excluding hydrogens is 442 g/mol. The van der Waals surface area contributed by atoms with Crippen molar-refractivity contribution in [2.45, 2.75) is 51.0 Å². The van der Waals surface area contributed by atoms with E-state index >= 15 is 0 Å². The van der Waals surface area contributed by atoms with Crippen molar-refractivity contribution >= 4 is 5.78 Å². The molecule has 0 spiro atoms. The lowest BCUT2D eigenvalue weighted by atomic mass is 9.86. The number of ketones is 1. The first kappa shape index (κ1) is 24.0. The molecular formula is C25H26F2N4O3. The van der Waals surface area contributed by atoms with Gasteiger partial charge in [-0.2, -0.15) is 0 Å². The molecule has 1 aliphatic heterocycles. The number of Topliss-reactive ketones (excluding diaryl/α,β-unsaturated/α-hetero) is 1. The molecule has 9 heteroatoms. The minimum Gasteiger partial charge on any atom is -0.389 e.